The molecule has 0 saturated heterocycles. The lowest BCUT2D eigenvalue weighted by Gasteiger charge is -2.08. The second-order valence-electron chi connectivity index (χ2n) is 4.05. The van der Waals surface area contributed by atoms with E-state index in [1.54, 1.807) is 0 Å². The molecule has 0 aliphatic rings. The molecular formula is C13H20N2O. The minimum absolute atomic E-state index is 0.0820. The van der Waals surface area contributed by atoms with Gasteiger partial charge in [0.05, 0.1) is 12.5 Å². The van der Waals surface area contributed by atoms with Crippen molar-refractivity contribution >= 4 is 5.78 Å². The molecule has 3 nitrogen and oxygen atoms in total. The zero-order chi connectivity index (χ0) is 12.0. The van der Waals surface area contributed by atoms with Gasteiger partial charge in [-0.1, -0.05) is 26.3 Å². The molecule has 16 heavy (non-hydrogen) atoms. The van der Waals surface area contributed by atoms with Crippen molar-refractivity contribution in [3.63, 3.8) is 0 Å². The normalized spacial score (nSPS) is 12.4. The van der Waals surface area contributed by atoms with Gasteiger partial charge in [0.25, 0.3) is 0 Å². The molecule has 3 heteroatoms. The number of nitrogens with zero attached hydrogens (tertiary/aromatic N) is 1. The Morgan fingerprint density at radius 1 is 1.44 bits per heavy atom. The molecular weight excluding hydrogens is 200 g/mol. The largest absolute Gasteiger partial charge is 0.321 e. The summed E-state index contributed by atoms with van der Waals surface area (Å²) in [6.45, 7) is 4.11. The van der Waals surface area contributed by atoms with E-state index in [4.69, 9.17) is 5.73 Å². The Labute approximate surface area is 97.1 Å². The molecule has 88 valence electrons. The lowest BCUT2D eigenvalue weighted by atomic mass is 10.0. The number of Topliss-reactive ketones (excluding diaryl/α,β-unsaturated/α-hetero) is 1. The highest BCUT2D eigenvalue weighted by Crippen LogP contribution is 2.04. The van der Waals surface area contributed by atoms with E-state index >= 15 is 0 Å². The summed E-state index contributed by atoms with van der Waals surface area (Å²) in [6, 6.07) is 3.59. The quantitative estimate of drug-likeness (QED) is 0.796. The van der Waals surface area contributed by atoms with Gasteiger partial charge in [-0.15, -0.1) is 0 Å². The molecule has 0 spiro atoms. The summed E-state index contributed by atoms with van der Waals surface area (Å²) in [7, 11) is 0. The van der Waals surface area contributed by atoms with E-state index in [2.05, 4.69) is 11.9 Å². The highest BCUT2D eigenvalue weighted by atomic mass is 16.1. The first-order chi connectivity index (χ1) is 7.67. The second kappa shape index (κ2) is 6.38. The number of carbonyl (C=O) groups excluding carboxylic acids is 1. The number of ketones is 1. The Bertz CT molecular complexity index is 332. The standard InChI is InChI=1S/C13H20N2O/c1-3-5-12(14)13(16)8-11-7-6-10(4-2)9-15-11/h6-7,9,12H,3-5,8,14H2,1-2H3. The first-order valence-corrected chi connectivity index (χ1v) is 5.89. The third kappa shape index (κ3) is 3.74. The molecule has 1 atom stereocenters. The Balaban J connectivity index is 2.55. The first-order valence-electron chi connectivity index (χ1n) is 5.89. The monoisotopic (exact) mass is 220 g/mol. The summed E-state index contributed by atoms with van der Waals surface area (Å²) in [4.78, 5) is 15.9. The van der Waals surface area contributed by atoms with Gasteiger partial charge < -0.3 is 5.73 Å². The van der Waals surface area contributed by atoms with Crippen molar-refractivity contribution in [2.24, 2.45) is 5.73 Å². The van der Waals surface area contributed by atoms with E-state index in [9.17, 15) is 4.79 Å². The maximum atomic E-state index is 11.7. The molecule has 2 N–H and O–H groups in total. The topological polar surface area (TPSA) is 56.0 Å². The molecule has 1 rings (SSSR count). The third-order valence-electron chi connectivity index (χ3n) is 2.66. The molecule has 0 aliphatic carbocycles. The number of aryl methyl sites for hydroxylation is 1. The Hall–Kier alpha value is -1.22. The fourth-order valence-corrected chi connectivity index (χ4v) is 1.55. The van der Waals surface area contributed by atoms with Crippen molar-refractivity contribution in [3.8, 4) is 0 Å². The van der Waals surface area contributed by atoms with Gasteiger partial charge in [-0.05, 0) is 24.5 Å². The van der Waals surface area contributed by atoms with Crippen LogP contribution in [-0.2, 0) is 17.6 Å². The summed E-state index contributed by atoms with van der Waals surface area (Å²) in [5, 5.41) is 0. The predicted octanol–water partition coefficient (Wildman–Crippen LogP) is 1.88. The Morgan fingerprint density at radius 2 is 2.19 bits per heavy atom. The van der Waals surface area contributed by atoms with Gasteiger partial charge in [-0.3, -0.25) is 9.78 Å². The lowest BCUT2D eigenvalue weighted by molar-refractivity contribution is -0.119. The molecule has 1 heterocycles. The molecule has 1 aromatic rings. The summed E-state index contributed by atoms with van der Waals surface area (Å²) in [5.41, 5.74) is 7.76. The SMILES string of the molecule is CCCC(N)C(=O)Cc1ccc(CC)cn1. The summed E-state index contributed by atoms with van der Waals surface area (Å²) in [6.07, 6.45) is 4.84. The molecule has 0 fully saturated rings. The van der Waals surface area contributed by atoms with Gasteiger partial charge in [0.1, 0.15) is 0 Å². The van der Waals surface area contributed by atoms with Gasteiger partial charge in [-0.2, -0.15) is 0 Å². The van der Waals surface area contributed by atoms with Crippen molar-refractivity contribution in [1.29, 1.82) is 0 Å². The summed E-state index contributed by atoms with van der Waals surface area (Å²) < 4.78 is 0. The number of nitrogens with two attached hydrogens (primary N) is 1. The highest BCUT2D eigenvalue weighted by molar-refractivity contribution is 5.85. The van der Waals surface area contributed by atoms with E-state index in [0.29, 0.717) is 6.42 Å². The fourth-order valence-electron chi connectivity index (χ4n) is 1.55. The minimum Gasteiger partial charge on any atom is -0.321 e. The van der Waals surface area contributed by atoms with Gasteiger partial charge >= 0.3 is 0 Å². The molecule has 0 aliphatic heterocycles. The fraction of sp³-hybridized carbons (Fsp3) is 0.538. The van der Waals surface area contributed by atoms with Crippen molar-refractivity contribution in [1.82, 2.24) is 4.98 Å². The predicted molar refractivity (Wildman–Crippen MR) is 65.2 cm³/mol. The molecule has 0 aromatic carbocycles. The van der Waals surface area contributed by atoms with E-state index in [1.807, 2.05) is 25.3 Å². The number of hydrogen-bond acceptors (Lipinski definition) is 3. The van der Waals surface area contributed by atoms with Gasteiger partial charge in [-0.25, -0.2) is 0 Å². The average molecular weight is 220 g/mol. The van der Waals surface area contributed by atoms with Crippen LogP contribution in [0.4, 0.5) is 0 Å². The number of hydrogen-bond donors (Lipinski definition) is 1. The molecule has 0 amide bonds. The number of pyridine rings is 1. The van der Waals surface area contributed by atoms with Crippen LogP contribution in [0.5, 0.6) is 0 Å². The van der Waals surface area contributed by atoms with Crippen molar-refractivity contribution in [3.05, 3.63) is 29.6 Å². The number of aromatic nitrogens is 1. The van der Waals surface area contributed by atoms with Crippen molar-refractivity contribution in [2.75, 3.05) is 0 Å². The van der Waals surface area contributed by atoms with Crippen LogP contribution in [0.15, 0.2) is 18.3 Å². The summed E-state index contributed by atoms with van der Waals surface area (Å²) >= 11 is 0. The van der Waals surface area contributed by atoms with Crippen molar-refractivity contribution < 1.29 is 4.79 Å². The number of rotatable bonds is 6. The van der Waals surface area contributed by atoms with E-state index < -0.39 is 0 Å². The molecule has 1 aromatic heterocycles. The van der Waals surface area contributed by atoms with Crippen LogP contribution in [0.3, 0.4) is 0 Å². The third-order valence-corrected chi connectivity index (χ3v) is 2.66. The summed E-state index contributed by atoms with van der Waals surface area (Å²) in [5.74, 6) is 0.0820. The minimum atomic E-state index is -0.336. The highest BCUT2D eigenvalue weighted by Gasteiger charge is 2.13. The zero-order valence-corrected chi connectivity index (χ0v) is 10.1. The van der Waals surface area contributed by atoms with Crippen LogP contribution in [-0.4, -0.2) is 16.8 Å². The van der Waals surface area contributed by atoms with Crippen molar-refractivity contribution in [2.45, 2.75) is 45.6 Å². The Morgan fingerprint density at radius 3 is 2.69 bits per heavy atom. The average Bonchev–Trinajstić information content (AvgIpc) is 2.30. The molecule has 1 unspecified atom stereocenters. The van der Waals surface area contributed by atoms with Crippen LogP contribution in [0.1, 0.15) is 37.9 Å². The van der Waals surface area contributed by atoms with Crippen LogP contribution in [0, 0.1) is 0 Å². The van der Waals surface area contributed by atoms with Crippen LogP contribution >= 0.6 is 0 Å². The van der Waals surface area contributed by atoms with Gasteiger partial charge in [0.15, 0.2) is 5.78 Å². The first kappa shape index (κ1) is 12.8. The molecule has 0 bridgehead atoms. The van der Waals surface area contributed by atoms with Crippen LogP contribution in [0.2, 0.25) is 0 Å². The number of carbonyl (C=O) groups is 1. The molecule has 0 radical (unpaired) electrons. The Kier molecular flexibility index (Phi) is 5.12. The van der Waals surface area contributed by atoms with Gasteiger partial charge in [0, 0.05) is 11.9 Å². The molecule has 0 saturated carbocycles. The van der Waals surface area contributed by atoms with Crippen LogP contribution in [0.25, 0.3) is 0 Å². The van der Waals surface area contributed by atoms with E-state index in [0.717, 1.165) is 25.0 Å². The van der Waals surface area contributed by atoms with Crippen LogP contribution < -0.4 is 5.73 Å². The maximum absolute atomic E-state index is 11.7. The second-order valence-corrected chi connectivity index (χ2v) is 4.05. The lowest BCUT2D eigenvalue weighted by Crippen LogP contribution is -2.31. The smallest absolute Gasteiger partial charge is 0.155 e. The van der Waals surface area contributed by atoms with E-state index in [-0.39, 0.29) is 11.8 Å². The maximum Gasteiger partial charge on any atom is 0.155 e. The van der Waals surface area contributed by atoms with Gasteiger partial charge in [0.2, 0.25) is 0 Å². The van der Waals surface area contributed by atoms with E-state index in [1.165, 1.54) is 5.56 Å². The zero-order valence-electron chi connectivity index (χ0n) is 10.1.